The molecule has 2 N–H and O–H groups in total. The van der Waals surface area contributed by atoms with E-state index in [0.717, 1.165) is 24.5 Å². The van der Waals surface area contributed by atoms with Gasteiger partial charge in [-0.1, -0.05) is 0 Å². The van der Waals surface area contributed by atoms with Crippen molar-refractivity contribution in [1.29, 1.82) is 0 Å². The Kier molecular flexibility index (Phi) is 6.15. The molecule has 0 aliphatic heterocycles. The van der Waals surface area contributed by atoms with E-state index in [4.69, 9.17) is 22.1 Å². The van der Waals surface area contributed by atoms with E-state index in [1.54, 1.807) is 7.11 Å². The molecule has 1 aromatic rings. The third kappa shape index (κ3) is 4.79. The molecule has 5 nitrogen and oxygen atoms in total. The average Bonchev–Trinajstić information content (AvgIpc) is 2.40. The number of aliphatic imine (C=N–C) groups is 2. The summed E-state index contributed by atoms with van der Waals surface area (Å²) in [5.74, 6) is 1.28. The van der Waals surface area contributed by atoms with Gasteiger partial charge in [-0.15, -0.1) is 0 Å². The van der Waals surface area contributed by atoms with Crippen LogP contribution in [0.2, 0.25) is 0 Å². The summed E-state index contributed by atoms with van der Waals surface area (Å²) in [7, 11) is 1.62. The van der Waals surface area contributed by atoms with Crippen LogP contribution in [0.5, 0.6) is 5.75 Å². The standard InChI is InChI=1S/C13H19ClN4O/c1-4-18(5-2)13(17-12(14)15)16-10-6-8-11(19-3)9-7-10/h6-9H,4-5H2,1-3H3,(H2,15,16,17). The Balaban J connectivity index is 3.07. The van der Waals surface area contributed by atoms with Crippen LogP contribution in [0.4, 0.5) is 5.69 Å². The van der Waals surface area contributed by atoms with Crippen LogP contribution in [0, 0.1) is 0 Å². The van der Waals surface area contributed by atoms with Crippen LogP contribution in [0.25, 0.3) is 0 Å². The molecule has 0 unspecified atom stereocenters. The van der Waals surface area contributed by atoms with E-state index in [2.05, 4.69) is 9.98 Å². The summed E-state index contributed by atoms with van der Waals surface area (Å²) in [6, 6.07) is 7.38. The van der Waals surface area contributed by atoms with Crippen LogP contribution in [0.3, 0.4) is 0 Å². The summed E-state index contributed by atoms with van der Waals surface area (Å²) in [6.45, 7) is 5.60. The third-order valence-corrected chi connectivity index (χ3v) is 2.64. The summed E-state index contributed by atoms with van der Waals surface area (Å²) in [6.07, 6.45) is 0. The van der Waals surface area contributed by atoms with Crippen molar-refractivity contribution >= 4 is 28.5 Å². The second-order valence-electron chi connectivity index (χ2n) is 3.72. The van der Waals surface area contributed by atoms with Gasteiger partial charge in [-0.05, 0) is 49.7 Å². The summed E-state index contributed by atoms with van der Waals surface area (Å²) < 4.78 is 5.10. The molecule has 0 saturated carbocycles. The summed E-state index contributed by atoms with van der Waals surface area (Å²) in [5.41, 5.74) is 6.20. The zero-order valence-corrected chi connectivity index (χ0v) is 12.2. The molecule has 1 rings (SSSR count). The minimum atomic E-state index is -0.0286. The Morgan fingerprint density at radius 2 is 1.84 bits per heavy atom. The van der Waals surface area contributed by atoms with Gasteiger partial charge in [0.1, 0.15) is 5.75 Å². The summed E-state index contributed by atoms with van der Waals surface area (Å²) in [4.78, 5) is 10.5. The molecule has 0 aromatic heterocycles. The molecule has 0 bridgehead atoms. The summed E-state index contributed by atoms with van der Waals surface area (Å²) in [5, 5.41) is -0.0286. The van der Waals surface area contributed by atoms with Crippen molar-refractivity contribution in [2.45, 2.75) is 13.8 Å². The van der Waals surface area contributed by atoms with Crippen molar-refractivity contribution in [3.63, 3.8) is 0 Å². The molecule has 0 fully saturated rings. The molecule has 0 spiro atoms. The minimum absolute atomic E-state index is 0.0286. The highest BCUT2D eigenvalue weighted by atomic mass is 35.5. The van der Waals surface area contributed by atoms with Crippen LogP contribution in [0.15, 0.2) is 34.3 Å². The molecular weight excluding hydrogens is 264 g/mol. The van der Waals surface area contributed by atoms with E-state index in [-0.39, 0.29) is 5.29 Å². The number of halogens is 1. The number of nitrogens with zero attached hydrogens (tertiary/aromatic N) is 3. The zero-order valence-electron chi connectivity index (χ0n) is 11.4. The normalized spacial score (nSPS) is 12.4. The maximum absolute atomic E-state index is 5.64. The van der Waals surface area contributed by atoms with Crippen LogP contribution in [-0.2, 0) is 0 Å². The maximum atomic E-state index is 5.64. The first-order valence-electron chi connectivity index (χ1n) is 6.08. The first kappa shape index (κ1) is 15.3. The molecule has 0 saturated heterocycles. The lowest BCUT2D eigenvalue weighted by Crippen LogP contribution is -2.30. The molecule has 0 heterocycles. The predicted octanol–water partition coefficient (Wildman–Crippen LogP) is 2.58. The number of amidine groups is 1. The highest BCUT2D eigenvalue weighted by Gasteiger charge is 2.07. The Bertz CT molecular complexity index is 448. The lowest BCUT2D eigenvalue weighted by atomic mass is 10.3. The monoisotopic (exact) mass is 282 g/mol. The molecule has 1 aromatic carbocycles. The molecule has 0 aliphatic carbocycles. The van der Waals surface area contributed by atoms with E-state index >= 15 is 0 Å². The van der Waals surface area contributed by atoms with Gasteiger partial charge in [-0.25, -0.2) is 4.99 Å². The van der Waals surface area contributed by atoms with Gasteiger partial charge in [-0.3, -0.25) is 0 Å². The third-order valence-electron chi connectivity index (χ3n) is 2.55. The van der Waals surface area contributed by atoms with Gasteiger partial charge in [0, 0.05) is 13.1 Å². The molecular formula is C13H19ClN4O. The lowest BCUT2D eigenvalue weighted by Gasteiger charge is -2.19. The van der Waals surface area contributed by atoms with E-state index in [0.29, 0.717) is 5.96 Å². The molecule has 104 valence electrons. The SMILES string of the molecule is CCN(CC)C(=Nc1ccc(OC)cc1)/N=C(/N)Cl. The fourth-order valence-electron chi connectivity index (χ4n) is 1.54. The molecule has 0 radical (unpaired) electrons. The quantitative estimate of drug-likeness (QED) is 0.524. The fraction of sp³-hybridized carbons (Fsp3) is 0.385. The topological polar surface area (TPSA) is 63.2 Å². The fourth-order valence-corrected chi connectivity index (χ4v) is 1.62. The number of benzene rings is 1. The Morgan fingerprint density at radius 3 is 2.26 bits per heavy atom. The first-order valence-corrected chi connectivity index (χ1v) is 6.45. The largest absolute Gasteiger partial charge is 0.497 e. The zero-order chi connectivity index (χ0) is 14.3. The molecule has 19 heavy (non-hydrogen) atoms. The molecule has 6 heteroatoms. The van der Waals surface area contributed by atoms with Crippen molar-refractivity contribution in [2.75, 3.05) is 20.2 Å². The van der Waals surface area contributed by atoms with Gasteiger partial charge >= 0.3 is 0 Å². The Labute approximate surface area is 118 Å². The van der Waals surface area contributed by atoms with Gasteiger partial charge < -0.3 is 15.4 Å². The van der Waals surface area contributed by atoms with Crippen LogP contribution < -0.4 is 10.5 Å². The van der Waals surface area contributed by atoms with E-state index in [1.807, 2.05) is 43.0 Å². The van der Waals surface area contributed by atoms with Gasteiger partial charge in [0.05, 0.1) is 12.8 Å². The highest BCUT2D eigenvalue weighted by molar-refractivity contribution is 6.65. The van der Waals surface area contributed by atoms with Crippen molar-refractivity contribution < 1.29 is 4.74 Å². The second-order valence-corrected chi connectivity index (χ2v) is 4.10. The van der Waals surface area contributed by atoms with Crippen molar-refractivity contribution in [3.05, 3.63) is 24.3 Å². The van der Waals surface area contributed by atoms with Crippen molar-refractivity contribution in [1.82, 2.24) is 4.90 Å². The van der Waals surface area contributed by atoms with Crippen molar-refractivity contribution in [2.24, 2.45) is 15.7 Å². The number of guanidine groups is 1. The number of ether oxygens (including phenoxy) is 1. The number of nitrogens with two attached hydrogens (primary N) is 1. The summed E-state index contributed by atoms with van der Waals surface area (Å²) >= 11 is 5.64. The maximum Gasteiger partial charge on any atom is 0.228 e. The number of methoxy groups -OCH3 is 1. The highest BCUT2D eigenvalue weighted by Crippen LogP contribution is 2.18. The van der Waals surface area contributed by atoms with Crippen LogP contribution >= 0.6 is 11.6 Å². The number of rotatable bonds is 4. The van der Waals surface area contributed by atoms with Crippen LogP contribution in [-0.4, -0.2) is 36.4 Å². The van der Waals surface area contributed by atoms with E-state index < -0.39 is 0 Å². The molecule has 0 aliphatic rings. The minimum Gasteiger partial charge on any atom is -0.497 e. The number of hydrogen-bond acceptors (Lipinski definition) is 2. The van der Waals surface area contributed by atoms with Gasteiger partial charge in [-0.2, -0.15) is 4.99 Å². The molecule has 0 atom stereocenters. The average molecular weight is 283 g/mol. The first-order chi connectivity index (χ1) is 9.10. The second kappa shape index (κ2) is 7.63. The Hall–Kier alpha value is -1.75. The smallest absolute Gasteiger partial charge is 0.228 e. The van der Waals surface area contributed by atoms with E-state index in [1.165, 1.54) is 0 Å². The van der Waals surface area contributed by atoms with Gasteiger partial charge in [0.25, 0.3) is 0 Å². The lowest BCUT2D eigenvalue weighted by molar-refractivity contribution is 0.415. The number of hydrogen-bond donors (Lipinski definition) is 1. The van der Waals surface area contributed by atoms with Crippen molar-refractivity contribution in [3.8, 4) is 5.75 Å². The van der Waals surface area contributed by atoms with Gasteiger partial charge in [0.2, 0.25) is 5.96 Å². The Morgan fingerprint density at radius 1 is 1.26 bits per heavy atom. The van der Waals surface area contributed by atoms with Gasteiger partial charge in [0.15, 0.2) is 5.29 Å². The predicted molar refractivity (Wildman–Crippen MR) is 80.5 cm³/mol. The van der Waals surface area contributed by atoms with Crippen LogP contribution in [0.1, 0.15) is 13.8 Å². The van der Waals surface area contributed by atoms with E-state index in [9.17, 15) is 0 Å². The molecule has 0 amide bonds.